The van der Waals surface area contributed by atoms with Crippen LogP contribution in [0.15, 0.2) is 42.5 Å². The van der Waals surface area contributed by atoms with Crippen LogP contribution in [0, 0.1) is 12.7 Å². The fraction of sp³-hybridized carbons (Fsp3) is 0.250. The summed E-state index contributed by atoms with van der Waals surface area (Å²) in [5.41, 5.74) is 1.73. The normalized spacial score (nSPS) is 10.3. The molecule has 0 aliphatic rings. The van der Waals surface area contributed by atoms with Gasteiger partial charge in [-0.1, -0.05) is 24.3 Å². The maximum absolute atomic E-state index is 13.7. The maximum Gasteiger partial charge on any atom is 0.167 e. The molecule has 0 fully saturated rings. The van der Waals surface area contributed by atoms with Gasteiger partial charge in [0, 0.05) is 6.42 Å². The van der Waals surface area contributed by atoms with Gasteiger partial charge < -0.3 is 9.47 Å². The average Bonchev–Trinajstić information content (AvgIpc) is 2.44. The van der Waals surface area contributed by atoms with Crippen LogP contribution in [0.4, 0.5) is 4.39 Å². The SMILES string of the molecule is COc1ccc(CCOc2cccc(C)c2F)cc1. The third-order valence-corrected chi connectivity index (χ3v) is 2.96. The summed E-state index contributed by atoms with van der Waals surface area (Å²) in [7, 11) is 1.64. The average molecular weight is 260 g/mol. The van der Waals surface area contributed by atoms with Gasteiger partial charge in [-0.3, -0.25) is 0 Å². The highest BCUT2D eigenvalue weighted by Gasteiger charge is 2.05. The molecule has 0 saturated carbocycles. The van der Waals surface area contributed by atoms with E-state index in [1.165, 1.54) is 0 Å². The molecular formula is C16H17FO2. The smallest absolute Gasteiger partial charge is 0.167 e. The van der Waals surface area contributed by atoms with Crippen molar-refractivity contribution < 1.29 is 13.9 Å². The highest BCUT2D eigenvalue weighted by molar-refractivity contribution is 5.30. The van der Waals surface area contributed by atoms with Crippen molar-refractivity contribution in [1.29, 1.82) is 0 Å². The first kappa shape index (κ1) is 13.4. The van der Waals surface area contributed by atoms with Crippen molar-refractivity contribution in [3.05, 3.63) is 59.4 Å². The molecule has 0 bridgehead atoms. The van der Waals surface area contributed by atoms with Crippen LogP contribution in [0.5, 0.6) is 11.5 Å². The van der Waals surface area contributed by atoms with Gasteiger partial charge in [-0.05, 0) is 36.2 Å². The van der Waals surface area contributed by atoms with E-state index in [-0.39, 0.29) is 5.82 Å². The maximum atomic E-state index is 13.7. The number of hydrogen-bond donors (Lipinski definition) is 0. The molecule has 3 heteroatoms. The van der Waals surface area contributed by atoms with Crippen LogP contribution >= 0.6 is 0 Å². The minimum absolute atomic E-state index is 0.280. The zero-order chi connectivity index (χ0) is 13.7. The molecule has 0 aliphatic carbocycles. The summed E-state index contributed by atoms with van der Waals surface area (Å²) in [6.07, 6.45) is 0.734. The predicted molar refractivity (Wildman–Crippen MR) is 73.3 cm³/mol. The zero-order valence-electron chi connectivity index (χ0n) is 11.2. The number of benzene rings is 2. The van der Waals surface area contributed by atoms with Gasteiger partial charge in [-0.25, -0.2) is 4.39 Å². The van der Waals surface area contributed by atoms with E-state index < -0.39 is 0 Å². The van der Waals surface area contributed by atoms with Crippen molar-refractivity contribution in [2.45, 2.75) is 13.3 Å². The topological polar surface area (TPSA) is 18.5 Å². The minimum atomic E-state index is -0.280. The van der Waals surface area contributed by atoms with Crippen molar-refractivity contribution in [2.75, 3.05) is 13.7 Å². The zero-order valence-corrected chi connectivity index (χ0v) is 11.2. The van der Waals surface area contributed by atoms with Gasteiger partial charge in [0.1, 0.15) is 5.75 Å². The third-order valence-electron chi connectivity index (χ3n) is 2.96. The van der Waals surface area contributed by atoms with Crippen LogP contribution in [0.25, 0.3) is 0 Å². The quantitative estimate of drug-likeness (QED) is 0.814. The highest BCUT2D eigenvalue weighted by Crippen LogP contribution is 2.20. The van der Waals surface area contributed by atoms with Crippen molar-refractivity contribution >= 4 is 0 Å². The number of aryl methyl sites for hydroxylation is 1. The van der Waals surface area contributed by atoms with Gasteiger partial charge in [0.05, 0.1) is 13.7 Å². The van der Waals surface area contributed by atoms with E-state index in [1.807, 2.05) is 24.3 Å². The van der Waals surface area contributed by atoms with Gasteiger partial charge in [0.15, 0.2) is 11.6 Å². The van der Waals surface area contributed by atoms with Gasteiger partial charge in [-0.2, -0.15) is 0 Å². The predicted octanol–water partition coefficient (Wildman–Crippen LogP) is 3.76. The Morgan fingerprint density at radius 2 is 1.79 bits per heavy atom. The van der Waals surface area contributed by atoms with Crippen LogP contribution in [-0.4, -0.2) is 13.7 Å². The molecule has 2 rings (SSSR count). The molecule has 0 atom stereocenters. The van der Waals surface area contributed by atoms with E-state index in [1.54, 1.807) is 32.2 Å². The fourth-order valence-corrected chi connectivity index (χ4v) is 1.80. The van der Waals surface area contributed by atoms with Gasteiger partial charge in [0.2, 0.25) is 0 Å². The Balaban J connectivity index is 1.90. The third kappa shape index (κ3) is 3.47. The number of ether oxygens (including phenoxy) is 2. The molecule has 0 aliphatic heterocycles. The molecular weight excluding hydrogens is 243 g/mol. The number of hydrogen-bond acceptors (Lipinski definition) is 2. The summed E-state index contributed by atoms with van der Waals surface area (Å²) in [4.78, 5) is 0. The molecule has 0 saturated heterocycles. The molecule has 2 nitrogen and oxygen atoms in total. The number of methoxy groups -OCH3 is 1. The lowest BCUT2D eigenvalue weighted by Gasteiger charge is -2.09. The van der Waals surface area contributed by atoms with Crippen LogP contribution in [0.3, 0.4) is 0 Å². The lowest BCUT2D eigenvalue weighted by Crippen LogP contribution is -2.03. The number of halogens is 1. The molecule has 0 heterocycles. The van der Waals surface area contributed by atoms with Crippen LogP contribution in [-0.2, 0) is 6.42 Å². The van der Waals surface area contributed by atoms with E-state index in [2.05, 4.69) is 0 Å². The highest BCUT2D eigenvalue weighted by atomic mass is 19.1. The molecule has 0 unspecified atom stereocenters. The lowest BCUT2D eigenvalue weighted by molar-refractivity contribution is 0.304. The van der Waals surface area contributed by atoms with E-state index in [4.69, 9.17) is 9.47 Å². The molecule has 2 aromatic carbocycles. The second-order valence-corrected chi connectivity index (χ2v) is 4.33. The Hall–Kier alpha value is -2.03. The summed E-state index contributed by atoms with van der Waals surface area (Å²) in [6.45, 7) is 2.18. The lowest BCUT2D eigenvalue weighted by atomic mass is 10.1. The van der Waals surface area contributed by atoms with Crippen LogP contribution in [0.2, 0.25) is 0 Å². The fourth-order valence-electron chi connectivity index (χ4n) is 1.80. The Morgan fingerprint density at radius 3 is 2.47 bits per heavy atom. The van der Waals surface area contributed by atoms with E-state index in [0.717, 1.165) is 17.7 Å². The minimum Gasteiger partial charge on any atom is -0.497 e. The first-order chi connectivity index (χ1) is 9.20. The molecule has 100 valence electrons. The largest absolute Gasteiger partial charge is 0.497 e. The summed E-state index contributed by atoms with van der Waals surface area (Å²) in [5.74, 6) is 0.861. The number of rotatable bonds is 5. The molecule has 2 aromatic rings. The second kappa shape index (κ2) is 6.23. The van der Waals surface area contributed by atoms with Crippen LogP contribution in [0.1, 0.15) is 11.1 Å². The molecule has 19 heavy (non-hydrogen) atoms. The molecule has 0 amide bonds. The summed E-state index contributed by atoms with van der Waals surface area (Å²) in [5, 5.41) is 0. The Morgan fingerprint density at radius 1 is 1.05 bits per heavy atom. The van der Waals surface area contributed by atoms with Gasteiger partial charge in [-0.15, -0.1) is 0 Å². The Bertz CT molecular complexity index is 535. The molecule has 0 spiro atoms. The molecule has 0 radical (unpaired) electrons. The standard InChI is InChI=1S/C16H17FO2/c1-12-4-3-5-15(16(12)17)19-11-10-13-6-8-14(18-2)9-7-13/h3-9H,10-11H2,1-2H3. The summed E-state index contributed by atoms with van der Waals surface area (Å²) < 4.78 is 24.2. The van der Waals surface area contributed by atoms with Crippen molar-refractivity contribution in [3.8, 4) is 11.5 Å². The first-order valence-electron chi connectivity index (χ1n) is 6.21. The Labute approximate surface area is 112 Å². The molecule has 0 N–H and O–H groups in total. The summed E-state index contributed by atoms with van der Waals surface area (Å²) in [6, 6.07) is 12.9. The van der Waals surface area contributed by atoms with Crippen LogP contribution < -0.4 is 9.47 Å². The van der Waals surface area contributed by atoms with E-state index in [9.17, 15) is 4.39 Å². The van der Waals surface area contributed by atoms with Crippen molar-refractivity contribution in [1.82, 2.24) is 0 Å². The monoisotopic (exact) mass is 260 g/mol. The van der Waals surface area contributed by atoms with Crippen molar-refractivity contribution in [2.24, 2.45) is 0 Å². The van der Waals surface area contributed by atoms with E-state index in [0.29, 0.717) is 17.9 Å². The van der Waals surface area contributed by atoms with Crippen molar-refractivity contribution in [3.63, 3.8) is 0 Å². The van der Waals surface area contributed by atoms with Gasteiger partial charge in [0.25, 0.3) is 0 Å². The van der Waals surface area contributed by atoms with E-state index >= 15 is 0 Å². The second-order valence-electron chi connectivity index (χ2n) is 4.33. The van der Waals surface area contributed by atoms with Gasteiger partial charge >= 0.3 is 0 Å². The summed E-state index contributed by atoms with van der Waals surface area (Å²) >= 11 is 0. The Kier molecular flexibility index (Phi) is 4.39. The molecule has 0 aromatic heterocycles. The first-order valence-corrected chi connectivity index (χ1v) is 6.21.